The fourth-order valence-electron chi connectivity index (χ4n) is 3.83. The zero-order valence-electron chi connectivity index (χ0n) is 17.9. The molecule has 33 heavy (non-hydrogen) atoms. The first-order valence-electron chi connectivity index (χ1n) is 10.6. The Morgan fingerprint density at radius 2 is 2.00 bits per heavy atom. The van der Waals surface area contributed by atoms with Gasteiger partial charge in [-0.3, -0.25) is 9.89 Å². The molecule has 9 heteroatoms. The molecular formula is C24H24ClN5O3. The maximum absolute atomic E-state index is 12.6. The summed E-state index contributed by atoms with van der Waals surface area (Å²) in [5, 5.41) is 7.63. The number of halogens is 1. The number of amides is 2. The molecule has 4 rings (SSSR count). The Labute approximate surface area is 196 Å². The largest absolute Gasteiger partial charge is 0.445 e. The van der Waals surface area contributed by atoms with Crippen LogP contribution in [0, 0.1) is 0 Å². The van der Waals surface area contributed by atoms with E-state index in [-0.39, 0.29) is 24.0 Å². The fourth-order valence-corrected chi connectivity index (χ4v) is 4.04. The van der Waals surface area contributed by atoms with Crippen molar-refractivity contribution >= 4 is 35.6 Å². The summed E-state index contributed by atoms with van der Waals surface area (Å²) in [5.74, 6) is -0.428. The zero-order chi connectivity index (χ0) is 23.2. The van der Waals surface area contributed by atoms with Crippen molar-refractivity contribution in [2.24, 2.45) is 10.7 Å². The molecule has 1 fully saturated rings. The lowest BCUT2D eigenvalue weighted by atomic mass is 10.1. The molecule has 1 saturated heterocycles. The molecule has 2 heterocycles. The van der Waals surface area contributed by atoms with E-state index in [0.29, 0.717) is 23.7 Å². The Balaban J connectivity index is 1.45. The van der Waals surface area contributed by atoms with E-state index in [2.05, 4.69) is 15.2 Å². The third-order valence-electron chi connectivity index (χ3n) is 5.45. The van der Waals surface area contributed by atoms with Crippen LogP contribution in [0.25, 0.3) is 0 Å². The van der Waals surface area contributed by atoms with E-state index in [1.165, 1.54) is 0 Å². The molecule has 8 nitrogen and oxygen atoms in total. The Morgan fingerprint density at radius 3 is 2.76 bits per heavy atom. The number of carbonyl (C=O) groups excluding carboxylic acids is 2. The molecular weight excluding hydrogens is 442 g/mol. The van der Waals surface area contributed by atoms with Crippen molar-refractivity contribution in [3.8, 4) is 0 Å². The molecule has 0 bridgehead atoms. The molecule has 2 aromatic carbocycles. The molecule has 2 amide bonds. The summed E-state index contributed by atoms with van der Waals surface area (Å²) in [6.07, 6.45) is 3.22. The topological polar surface area (TPSA) is 114 Å². The number of nitrogens with two attached hydrogens (primary N) is 1. The number of benzene rings is 2. The van der Waals surface area contributed by atoms with Gasteiger partial charge in [0.05, 0.1) is 11.7 Å². The lowest BCUT2D eigenvalue weighted by molar-refractivity contribution is 0.0989. The smallest absolute Gasteiger partial charge is 0.410 e. The summed E-state index contributed by atoms with van der Waals surface area (Å²) in [4.78, 5) is 30.7. The number of rotatable bonds is 7. The monoisotopic (exact) mass is 465 g/mol. The van der Waals surface area contributed by atoms with E-state index in [9.17, 15) is 9.59 Å². The molecule has 0 radical (unpaired) electrons. The summed E-state index contributed by atoms with van der Waals surface area (Å²) < 4.78 is 5.46. The van der Waals surface area contributed by atoms with E-state index in [1.54, 1.807) is 17.2 Å². The average molecular weight is 466 g/mol. The second-order valence-corrected chi connectivity index (χ2v) is 8.23. The highest BCUT2D eigenvalue weighted by molar-refractivity contribution is 6.30. The summed E-state index contributed by atoms with van der Waals surface area (Å²) in [6.45, 7) is 0.783. The number of aliphatic imine (C=N–C) groups is 1. The molecule has 1 atom stereocenters. The van der Waals surface area contributed by atoms with Crippen molar-refractivity contribution in [3.63, 3.8) is 0 Å². The lowest BCUT2D eigenvalue weighted by Crippen LogP contribution is -2.36. The highest BCUT2D eigenvalue weighted by Crippen LogP contribution is 2.24. The number of likely N-dealkylation sites (tertiary alicyclic amines) is 1. The first kappa shape index (κ1) is 22.5. The fraction of sp³-hybridized carbons (Fsp3) is 0.250. The van der Waals surface area contributed by atoms with Gasteiger partial charge in [-0.15, -0.1) is 0 Å². The molecule has 1 aliphatic heterocycles. The predicted molar refractivity (Wildman–Crippen MR) is 126 cm³/mol. The number of primary amides is 1. The van der Waals surface area contributed by atoms with E-state index >= 15 is 0 Å². The van der Waals surface area contributed by atoms with Gasteiger partial charge in [0.15, 0.2) is 5.82 Å². The Hall–Kier alpha value is -3.65. The third kappa shape index (κ3) is 5.59. The highest BCUT2D eigenvalue weighted by atomic mass is 35.5. The number of carbonyl (C=O) groups is 2. The number of nitrogens with one attached hydrogen (secondary N) is 1. The van der Waals surface area contributed by atoms with Crippen LogP contribution >= 0.6 is 11.6 Å². The van der Waals surface area contributed by atoms with Crippen LogP contribution < -0.4 is 5.73 Å². The van der Waals surface area contributed by atoms with Crippen LogP contribution in [0.4, 0.5) is 10.6 Å². The molecule has 1 unspecified atom stereocenters. The number of hydrogen-bond donors (Lipinski definition) is 2. The second kappa shape index (κ2) is 10.3. The Kier molecular flexibility index (Phi) is 7.04. The van der Waals surface area contributed by atoms with E-state index < -0.39 is 12.0 Å². The van der Waals surface area contributed by atoms with Crippen LogP contribution in [0.3, 0.4) is 0 Å². The van der Waals surface area contributed by atoms with Gasteiger partial charge in [0.1, 0.15) is 12.2 Å². The van der Waals surface area contributed by atoms with Gasteiger partial charge in [-0.05, 0) is 36.1 Å². The van der Waals surface area contributed by atoms with E-state index in [0.717, 1.165) is 24.0 Å². The molecule has 1 aliphatic rings. The molecule has 0 saturated carbocycles. The molecule has 3 N–H and O–H groups in total. The van der Waals surface area contributed by atoms with Gasteiger partial charge < -0.3 is 15.4 Å². The molecule has 3 aromatic rings. The highest BCUT2D eigenvalue weighted by Gasteiger charge is 2.29. The number of aromatic amines is 1. The van der Waals surface area contributed by atoms with Crippen LogP contribution in [0.1, 0.15) is 40.0 Å². The molecule has 0 spiro atoms. The first-order chi connectivity index (χ1) is 16.0. The van der Waals surface area contributed by atoms with Crippen LogP contribution in [-0.2, 0) is 17.8 Å². The minimum absolute atomic E-state index is 0.198. The number of hydrogen-bond acceptors (Lipinski definition) is 5. The van der Waals surface area contributed by atoms with Crippen LogP contribution in [0.2, 0.25) is 5.02 Å². The van der Waals surface area contributed by atoms with Gasteiger partial charge >= 0.3 is 6.09 Å². The van der Waals surface area contributed by atoms with Crippen molar-refractivity contribution in [1.82, 2.24) is 15.1 Å². The van der Waals surface area contributed by atoms with Gasteiger partial charge in [0.25, 0.3) is 5.91 Å². The minimum Gasteiger partial charge on any atom is -0.445 e. The van der Waals surface area contributed by atoms with Gasteiger partial charge in [-0.2, -0.15) is 5.10 Å². The first-order valence-corrected chi connectivity index (χ1v) is 11.0. The Morgan fingerprint density at radius 1 is 1.21 bits per heavy atom. The van der Waals surface area contributed by atoms with Gasteiger partial charge in [-0.25, -0.2) is 9.79 Å². The Bertz CT molecular complexity index is 1160. The van der Waals surface area contributed by atoms with Crippen LogP contribution in [0.15, 0.2) is 59.6 Å². The van der Waals surface area contributed by atoms with Crippen molar-refractivity contribution in [2.45, 2.75) is 31.9 Å². The van der Waals surface area contributed by atoms with Gasteiger partial charge in [0.2, 0.25) is 0 Å². The lowest BCUT2D eigenvalue weighted by Gasteiger charge is -2.21. The van der Waals surface area contributed by atoms with E-state index in [1.807, 2.05) is 48.5 Å². The van der Waals surface area contributed by atoms with E-state index in [4.69, 9.17) is 22.1 Å². The summed E-state index contributed by atoms with van der Waals surface area (Å²) in [5.41, 5.74) is 8.23. The maximum Gasteiger partial charge on any atom is 0.410 e. The SMILES string of the molecule is NC(=O)c1c(N=CC2CCCN2C(=O)OCc2ccccc2)n[nH]c1Cc1cccc(Cl)c1. The number of H-pyrrole nitrogens is 1. The number of aromatic nitrogens is 2. The minimum atomic E-state index is -0.626. The quantitative estimate of drug-likeness (QED) is 0.507. The summed E-state index contributed by atoms with van der Waals surface area (Å²) in [6, 6.07) is 16.6. The zero-order valence-corrected chi connectivity index (χ0v) is 18.7. The van der Waals surface area contributed by atoms with Gasteiger partial charge in [0, 0.05) is 24.2 Å². The van der Waals surface area contributed by atoms with Crippen molar-refractivity contribution in [2.75, 3.05) is 6.54 Å². The summed E-state index contributed by atoms with van der Waals surface area (Å²) in [7, 11) is 0. The third-order valence-corrected chi connectivity index (χ3v) is 5.68. The summed E-state index contributed by atoms with van der Waals surface area (Å²) >= 11 is 6.05. The average Bonchev–Trinajstić information content (AvgIpc) is 3.43. The maximum atomic E-state index is 12.6. The standard InChI is InChI=1S/C24H24ClN5O3/c25-18-9-4-8-17(12-18)13-20-21(22(26)31)23(29-28-20)27-14-19-10-5-11-30(19)24(32)33-15-16-6-2-1-3-7-16/h1-4,6-9,12,14,19H,5,10-11,13,15H2,(H2,26,31)(H,28,29). The van der Waals surface area contributed by atoms with Crippen molar-refractivity contribution < 1.29 is 14.3 Å². The predicted octanol–water partition coefficient (Wildman–Crippen LogP) is 4.26. The molecule has 0 aliphatic carbocycles. The van der Waals surface area contributed by atoms with Crippen LogP contribution in [-0.4, -0.2) is 45.9 Å². The van der Waals surface area contributed by atoms with Crippen molar-refractivity contribution in [3.05, 3.63) is 82.0 Å². The normalized spacial score (nSPS) is 15.8. The van der Waals surface area contributed by atoms with Gasteiger partial charge in [-0.1, -0.05) is 54.1 Å². The number of nitrogens with zero attached hydrogens (tertiary/aromatic N) is 3. The number of ether oxygens (including phenoxy) is 1. The molecule has 1 aromatic heterocycles. The van der Waals surface area contributed by atoms with Crippen molar-refractivity contribution in [1.29, 1.82) is 0 Å². The molecule has 170 valence electrons. The second-order valence-electron chi connectivity index (χ2n) is 7.79. The van der Waals surface area contributed by atoms with Crippen LogP contribution in [0.5, 0.6) is 0 Å².